The molecule has 32 heavy (non-hydrogen) atoms. The highest BCUT2D eigenvalue weighted by atomic mass is 16.2. The van der Waals surface area contributed by atoms with E-state index in [2.05, 4.69) is 17.2 Å². The van der Waals surface area contributed by atoms with E-state index >= 15 is 0 Å². The lowest BCUT2D eigenvalue weighted by Gasteiger charge is -2.26. The van der Waals surface area contributed by atoms with Gasteiger partial charge in [0.15, 0.2) is 0 Å². The van der Waals surface area contributed by atoms with Crippen LogP contribution in [0, 0.1) is 11.8 Å². The maximum absolute atomic E-state index is 13.2. The average Bonchev–Trinajstić information content (AvgIpc) is 2.82. The van der Waals surface area contributed by atoms with Crippen molar-refractivity contribution in [2.24, 2.45) is 0 Å². The van der Waals surface area contributed by atoms with Gasteiger partial charge in [-0.15, -0.1) is 0 Å². The molecule has 0 radical (unpaired) electrons. The molecule has 2 amide bonds. The van der Waals surface area contributed by atoms with Gasteiger partial charge in [-0.05, 0) is 42.2 Å². The first-order valence-electron chi connectivity index (χ1n) is 11.0. The van der Waals surface area contributed by atoms with Crippen molar-refractivity contribution >= 4 is 17.5 Å². The number of anilines is 1. The zero-order chi connectivity index (χ0) is 22.2. The fourth-order valence-corrected chi connectivity index (χ4v) is 3.79. The van der Waals surface area contributed by atoms with Crippen LogP contribution in [-0.2, 0) is 22.7 Å². The van der Waals surface area contributed by atoms with Crippen molar-refractivity contribution in [3.63, 3.8) is 0 Å². The molecule has 1 heterocycles. The van der Waals surface area contributed by atoms with Crippen LogP contribution in [0.5, 0.6) is 0 Å². The molecule has 1 aliphatic rings. The van der Waals surface area contributed by atoms with Crippen molar-refractivity contribution < 1.29 is 9.59 Å². The second-order valence-electron chi connectivity index (χ2n) is 7.87. The first-order chi connectivity index (χ1) is 15.7. The van der Waals surface area contributed by atoms with Gasteiger partial charge >= 0.3 is 0 Å². The maximum atomic E-state index is 13.2. The molecule has 0 fully saturated rings. The number of rotatable bonds is 7. The number of hydrogen-bond donors (Lipinski definition) is 1. The Balaban J connectivity index is 1.34. The summed E-state index contributed by atoms with van der Waals surface area (Å²) in [5.41, 5.74) is 4.78. The molecule has 0 unspecified atom stereocenters. The van der Waals surface area contributed by atoms with Gasteiger partial charge in [-0.2, -0.15) is 0 Å². The third kappa shape index (κ3) is 5.44. The third-order valence-electron chi connectivity index (χ3n) is 5.55. The summed E-state index contributed by atoms with van der Waals surface area (Å²) < 4.78 is 0. The van der Waals surface area contributed by atoms with Crippen molar-refractivity contribution in [2.45, 2.75) is 38.8 Å². The van der Waals surface area contributed by atoms with Crippen molar-refractivity contribution in [1.82, 2.24) is 5.32 Å². The van der Waals surface area contributed by atoms with E-state index in [9.17, 15) is 9.59 Å². The topological polar surface area (TPSA) is 49.4 Å². The summed E-state index contributed by atoms with van der Waals surface area (Å²) in [5, 5.41) is 2.94. The van der Waals surface area contributed by atoms with E-state index in [1.54, 1.807) is 0 Å². The lowest BCUT2D eigenvalue weighted by atomic mass is 10.0. The van der Waals surface area contributed by atoms with Gasteiger partial charge in [0.1, 0.15) is 0 Å². The summed E-state index contributed by atoms with van der Waals surface area (Å²) in [5.74, 6) is 6.53. The Labute approximate surface area is 189 Å². The van der Waals surface area contributed by atoms with Crippen LogP contribution in [0.2, 0.25) is 0 Å². The molecule has 0 atom stereocenters. The van der Waals surface area contributed by atoms with E-state index in [4.69, 9.17) is 0 Å². The molecule has 0 saturated carbocycles. The largest absolute Gasteiger partial charge is 0.352 e. The molecule has 0 bridgehead atoms. The predicted octanol–water partition coefficient (Wildman–Crippen LogP) is 4.81. The fourth-order valence-electron chi connectivity index (χ4n) is 3.79. The van der Waals surface area contributed by atoms with Crippen LogP contribution in [0.1, 0.15) is 47.9 Å². The standard InChI is InChI=1S/C28H26N2O2/c31-27(29-20-22-10-2-1-3-11-22)16-8-9-17-28(32)30-21-25-14-5-4-12-23(25)18-19-24-13-6-7-15-26(24)30/h1-7,10-15H,8-9,16-17,20-21H2,(H,29,31). The van der Waals surface area contributed by atoms with Crippen molar-refractivity contribution in [2.75, 3.05) is 4.90 Å². The van der Waals surface area contributed by atoms with E-state index in [0.29, 0.717) is 38.8 Å². The Morgan fingerprint density at radius 2 is 1.44 bits per heavy atom. The zero-order valence-electron chi connectivity index (χ0n) is 18.0. The number of para-hydroxylation sites is 1. The average molecular weight is 423 g/mol. The second kappa shape index (κ2) is 10.5. The highest BCUT2D eigenvalue weighted by molar-refractivity contribution is 5.95. The fraction of sp³-hybridized carbons (Fsp3) is 0.214. The van der Waals surface area contributed by atoms with Crippen LogP contribution >= 0.6 is 0 Å². The number of amides is 2. The number of fused-ring (bicyclic) bond motifs is 2. The SMILES string of the molecule is O=C(CCCCC(=O)N1Cc2ccccc2C#Cc2ccccc21)NCc1ccccc1. The summed E-state index contributed by atoms with van der Waals surface area (Å²) >= 11 is 0. The molecule has 0 saturated heterocycles. The first kappa shape index (κ1) is 21.4. The predicted molar refractivity (Wildman–Crippen MR) is 127 cm³/mol. The minimum atomic E-state index is 0.0158. The minimum absolute atomic E-state index is 0.0158. The van der Waals surface area contributed by atoms with E-state index < -0.39 is 0 Å². The van der Waals surface area contributed by atoms with Crippen LogP contribution < -0.4 is 10.2 Å². The summed E-state index contributed by atoms with van der Waals surface area (Å²) in [6, 6.07) is 25.6. The maximum Gasteiger partial charge on any atom is 0.227 e. The lowest BCUT2D eigenvalue weighted by molar-refractivity contribution is -0.122. The number of benzene rings is 3. The molecule has 3 aromatic carbocycles. The first-order valence-corrected chi connectivity index (χ1v) is 11.0. The van der Waals surface area contributed by atoms with Gasteiger partial charge in [0.2, 0.25) is 11.8 Å². The van der Waals surface area contributed by atoms with E-state index in [1.807, 2.05) is 83.8 Å². The van der Waals surface area contributed by atoms with Gasteiger partial charge in [-0.3, -0.25) is 9.59 Å². The Morgan fingerprint density at radius 3 is 2.28 bits per heavy atom. The monoisotopic (exact) mass is 422 g/mol. The Kier molecular flexibility index (Phi) is 6.99. The number of carbonyl (C=O) groups excluding carboxylic acids is 2. The summed E-state index contributed by atoms with van der Waals surface area (Å²) in [6.07, 6.45) is 2.17. The van der Waals surface area contributed by atoms with Gasteiger partial charge in [0.05, 0.1) is 12.2 Å². The van der Waals surface area contributed by atoms with Gasteiger partial charge in [-0.1, -0.05) is 72.5 Å². The summed E-state index contributed by atoms with van der Waals surface area (Å²) in [6.45, 7) is 1.03. The number of hydrogen-bond acceptors (Lipinski definition) is 2. The smallest absolute Gasteiger partial charge is 0.227 e. The van der Waals surface area contributed by atoms with Gasteiger partial charge in [0.25, 0.3) is 0 Å². The quantitative estimate of drug-likeness (QED) is 0.439. The highest BCUT2D eigenvalue weighted by Gasteiger charge is 2.20. The van der Waals surface area contributed by atoms with Crippen LogP contribution in [0.3, 0.4) is 0 Å². The minimum Gasteiger partial charge on any atom is -0.352 e. The Morgan fingerprint density at radius 1 is 0.781 bits per heavy atom. The number of carbonyl (C=O) groups is 2. The lowest BCUT2D eigenvalue weighted by Crippen LogP contribution is -2.31. The van der Waals surface area contributed by atoms with E-state index in [-0.39, 0.29) is 11.8 Å². The van der Waals surface area contributed by atoms with Crippen molar-refractivity contribution in [3.8, 4) is 11.8 Å². The van der Waals surface area contributed by atoms with Gasteiger partial charge in [0, 0.05) is 30.5 Å². The molecule has 4 nitrogen and oxygen atoms in total. The van der Waals surface area contributed by atoms with E-state index in [0.717, 1.165) is 27.9 Å². The molecular weight excluding hydrogens is 396 g/mol. The van der Waals surface area contributed by atoms with Crippen LogP contribution in [0.25, 0.3) is 0 Å². The molecule has 0 aliphatic carbocycles. The molecule has 0 spiro atoms. The molecule has 1 N–H and O–H groups in total. The molecule has 1 aliphatic heterocycles. The second-order valence-corrected chi connectivity index (χ2v) is 7.87. The molecule has 4 rings (SSSR count). The van der Waals surface area contributed by atoms with Crippen LogP contribution in [0.4, 0.5) is 5.69 Å². The molecule has 4 heteroatoms. The van der Waals surface area contributed by atoms with Crippen LogP contribution in [-0.4, -0.2) is 11.8 Å². The van der Waals surface area contributed by atoms with Crippen molar-refractivity contribution in [1.29, 1.82) is 0 Å². The van der Waals surface area contributed by atoms with Crippen LogP contribution in [0.15, 0.2) is 78.9 Å². The molecule has 3 aromatic rings. The van der Waals surface area contributed by atoms with Gasteiger partial charge < -0.3 is 10.2 Å². The Hall–Kier alpha value is -3.84. The zero-order valence-corrected chi connectivity index (χ0v) is 18.0. The molecular formula is C28H26N2O2. The highest BCUT2D eigenvalue weighted by Crippen LogP contribution is 2.26. The number of nitrogens with one attached hydrogen (secondary N) is 1. The number of nitrogens with zero attached hydrogens (tertiary/aromatic N) is 1. The van der Waals surface area contributed by atoms with Crippen molar-refractivity contribution in [3.05, 3.63) is 101 Å². The summed E-state index contributed by atoms with van der Waals surface area (Å²) in [4.78, 5) is 27.1. The number of unbranched alkanes of at least 4 members (excludes halogenated alkanes) is 1. The molecule has 160 valence electrons. The van der Waals surface area contributed by atoms with E-state index in [1.165, 1.54) is 0 Å². The third-order valence-corrected chi connectivity index (χ3v) is 5.55. The Bertz CT molecular complexity index is 1160. The normalized spacial score (nSPS) is 11.8. The van der Waals surface area contributed by atoms with Gasteiger partial charge in [-0.25, -0.2) is 0 Å². The molecule has 0 aromatic heterocycles. The summed E-state index contributed by atoms with van der Waals surface area (Å²) in [7, 11) is 0.